The van der Waals surface area contributed by atoms with E-state index in [4.69, 9.17) is 9.84 Å². The highest BCUT2D eigenvalue weighted by molar-refractivity contribution is 8.02. The van der Waals surface area contributed by atoms with Gasteiger partial charge in [-0.2, -0.15) is 0 Å². The fourth-order valence-electron chi connectivity index (χ4n) is 2.61. The lowest BCUT2D eigenvalue weighted by molar-refractivity contribution is -0.387. The number of nitrogens with zero attached hydrogens (tertiary/aromatic N) is 1. The lowest BCUT2D eigenvalue weighted by Crippen LogP contribution is -2.25. The second-order valence-electron chi connectivity index (χ2n) is 6.04. The number of nitro benzene ring substituents is 1. The molecular formula is C20H24N2O7S2. The molecule has 0 saturated heterocycles. The van der Waals surface area contributed by atoms with Gasteiger partial charge in [0.05, 0.1) is 33.3 Å². The van der Waals surface area contributed by atoms with E-state index in [0.29, 0.717) is 12.0 Å². The Bertz CT molecular complexity index is 926. The van der Waals surface area contributed by atoms with E-state index in [1.165, 1.54) is 19.2 Å². The van der Waals surface area contributed by atoms with Gasteiger partial charge in [-0.3, -0.25) is 19.7 Å². The van der Waals surface area contributed by atoms with Gasteiger partial charge in [0.25, 0.3) is 11.6 Å². The Hall–Kier alpha value is -2.79. The van der Waals surface area contributed by atoms with E-state index in [1.807, 2.05) is 6.92 Å². The van der Waals surface area contributed by atoms with E-state index >= 15 is 0 Å². The van der Waals surface area contributed by atoms with Crippen LogP contribution in [0.15, 0.2) is 45.3 Å². The van der Waals surface area contributed by atoms with Gasteiger partial charge in [0.2, 0.25) is 0 Å². The van der Waals surface area contributed by atoms with Gasteiger partial charge in [-0.1, -0.05) is 19.4 Å². The average Bonchev–Trinajstić information content (AvgIpc) is 2.75. The summed E-state index contributed by atoms with van der Waals surface area (Å²) in [6.07, 6.45) is 4.84. The fourth-order valence-corrected chi connectivity index (χ4v) is 3.95. The first kappa shape index (κ1) is 26.2. The molecule has 0 aliphatic rings. The Morgan fingerprint density at radius 1 is 1.32 bits per heavy atom. The number of hydrogen-bond acceptors (Lipinski definition) is 8. The van der Waals surface area contributed by atoms with Gasteiger partial charge in [-0.25, -0.2) is 4.79 Å². The minimum atomic E-state index is -1.11. The summed E-state index contributed by atoms with van der Waals surface area (Å²) in [6, 6.07) is 3.78. The molecule has 0 atom stereocenters. The molecule has 0 aliphatic heterocycles. The van der Waals surface area contributed by atoms with Crippen molar-refractivity contribution in [2.45, 2.75) is 31.6 Å². The molecule has 1 rings (SSSR count). The summed E-state index contributed by atoms with van der Waals surface area (Å²) >= 11 is 1.93. The first-order valence-electron chi connectivity index (χ1n) is 9.16. The number of aliphatic carboxylic acids is 1. The predicted molar refractivity (Wildman–Crippen MR) is 120 cm³/mol. The lowest BCUT2D eigenvalue weighted by atomic mass is 10.0. The summed E-state index contributed by atoms with van der Waals surface area (Å²) in [5.74, 6) is -2.70. The summed E-state index contributed by atoms with van der Waals surface area (Å²) in [4.78, 5) is 46.8. The number of carbonyl (C=O) groups excluding carboxylic acids is 2. The average molecular weight is 469 g/mol. The summed E-state index contributed by atoms with van der Waals surface area (Å²) in [5.41, 5.74) is 0.572. The predicted octanol–water partition coefficient (Wildman–Crippen LogP) is 4.00. The number of rotatable bonds is 11. The van der Waals surface area contributed by atoms with E-state index < -0.39 is 22.8 Å². The van der Waals surface area contributed by atoms with Crippen LogP contribution in [0.25, 0.3) is 0 Å². The summed E-state index contributed by atoms with van der Waals surface area (Å²) in [7, 11) is 1.25. The van der Waals surface area contributed by atoms with Gasteiger partial charge in [-0.05, 0) is 37.3 Å². The number of nitro groups is 1. The van der Waals surface area contributed by atoms with Crippen molar-refractivity contribution < 1.29 is 29.2 Å². The van der Waals surface area contributed by atoms with Crippen molar-refractivity contribution in [2.24, 2.45) is 0 Å². The largest absolute Gasteiger partial charge is 0.481 e. The number of carboxylic acids is 1. The van der Waals surface area contributed by atoms with Gasteiger partial charge < -0.3 is 15.2 Å². The zero-order chi connectivity index (χ0) is 23.6. The number of thioether (sulfide) groups is 2. The number of amides is 1. The van der Waals surface area contributed by atoms with Crippen LogP contribution in [0.1, 0.15) is 37.0 Å². The van der Waals surface area contributed by atoms with Crippen LogP contribution in [0.5, 0.6) is 0 Å². The smallest absolute Gasteiger partial charge is 0.340 e. The van der Waals surface area contributed by atoms with E-state index in [2.05, 4.69) is 5.32 Å². The van der Waals surface area contributed by atoms with Gasteiger partial charge in [0.1, 0.15) is 0 Å². The monoisotopic (exact) mass is 468 g/mol. The standard InChI is InChI=1S/C20H24N2O7S2/c1-5-7-12(6-2)17(20(26)29-3)19(30-4)21-18(25)13-8-9-15(31-11-16(23)24)14(10-13)22(27)28/h6,8-10H,5,7,11H2,1-4H3,(H,21,25)(H,23,24)/b12-6+,19-17+. The Balaban J connectivity index is 3.35. The zero-order valence-corrected chi connectivity index (χ0v) is 19.2. The second-order valence-corrected chi connectivity index (χ2v) is 7.87. The highest BCUT2D eigenvalue weighted by atomic mass is 32.2. The number of carboxylic acid groups (broad SMARTS) is 1. The molecule has 0 saturated carbocycles. The van der Waals surface area contributed by atoms with Crippen molar-refractivity contribution in [3.63, 3.8) is 0 Å². The molecule has 1 aromatic carbocycles. The molecule has 11 heteroatoms. The molecule has 0 aromatic heterocycles. The number of carbonyl (C=O) groups is 3. The Morgan fingerprint density at radius 2 is 2.00 bits per heavy atom. The van der Waals surface area contributed by atoms with Crippen LogP contribution in [0.3, 0.4) is 0 Å². The first-order chi connectivity index (χ1) is 14.7. The molecule has 9 nitrogen and oxygen atoms in total. The van der Waals surface area contributed by atoms with Crippen LogP contribution in [-0.2, 0) is 14.3 Å². The number of esters is 1. The van der Waals surface area contributed by atoms with Crippen molar-refractivity contribution in [3.8, 4) is 0 Å². The molecule has 1 amide bonds. The maximum absolute atomic E-state index is 12.8. The third-order valence-corrected chi connectivity index (χ3v) is 5.77. The van der Waals surface area contributed by atoms with Crippen LogP contribution in [0, 0.1) is 10.1 Å². The number of methoxy groups -OCH3 is 1. The maximum atomic E-state index is 12.8. The van der Waals surface area contributed by atoms with Gasteiger partial charge >= 0.3 is 11.9 Å². The molecule has 0 spiro atoms. The normalized spacial score (nSPS) is 12.1. The molecular weight excluding hydrogens is 444 g/mol. The van der Waals surface area contributed by atoms with Crippen molar-refractivity contribution in [1.82, 2.24) is 5.32 Å². The molecule has 0 unspecified atom stereocenters. The molecule has 0 radical (unpaired) electrons. The molecule has 0 fully saturated rings. The zero-order valence-electron chi connectivity index (χ0n) is 17.6. The molecule has 0 bridgehead atoms. The Labute approximate surface area is 188 Å². The van der Waals surface area contributed by atoms with Gasteiger partial charge in [0.15, 0.2) is 0 Å². The molecule has 1 aromatic rings. The van der Waals surface area contributed by atoms with Crippen molar-refractivity contribution in [2.75, 3.05) is 19.1 Å². The lowest BCUT2D eigenvalue weighted by Gasteiger charge is -2.16. The van der Waals surface area contributed by atoms with Crippen molar-refractivity contribution in [1.29, 1.82) is 0 Å². The Morgan fingerprint density at radius 3 is 2.48 bits per heavy atom. The number of ether oxygens (including phenoxy) is 1. The quantitative estimate of drug-likeness (QED) is 0.123. The number of nitrogens with one attached hydrogen (secondary N) is 1. The Kier molecular flexibility index (Phi) is 10.8. The third-order valence-electron chi connectivity index (χ3n) is 4.01. The fraction of sp³-hybridized carbons (Fsp3) is 0.350. The molecule has 31 heavy (non-hydrogen) atoms. The third kappa shape index (κ3) is 7.44. The number of benzene rings is 1. The first-order valence-corrected chi connectivity index (χ1v) is 11.4. The highest BCUT2D eigenvalue weighted by Crippen LogP contribution is 2.31. The van der Waals surface area contributed by atoms with Gasteiger partial charge in [0, 0.05) is 11.6 Å². The van der Waals surface area contributed by atoms with Crippen LogP contribution >= 0.6 is 23.5 Å². The second kappa shape index (κ2) is 12.8. The van der Waals surface area contributed by atoms with Crippen LogP contribution in [0.4, 0.5) is 5.69 Å². The summed E-state index contributed by atoms with van der Waals surface area (Å²) < 4.78 is 4.88. The molecule has 168 valence electrons. The van der Waals surface area contributed by atoms with E-state index in [9.17, 15) is 24.5 Å². The van der Waals surface area contributed by atoms with E-state index in [1.54, 1.807) is 19.3 Å². The van der Waals surface area contributed by atoms with Crippen LogP contribution < -0.4 is 5.32 Å². The topological polar surface area (TPSA) is 136 Å². The van der Waals surface area contributed by atoms with Crippen LogP contribution in [-0.4, -0.2) is 47.0 Å². The van der Waals surface area contributed by atoms with E-state index in [-0.39, 0.29) is 32.5 Å². The molecule has 2 N–H and O–H groups in total. The SMILES string of the molecule is C/C=C(CCC)/C(C(=O)OC)=C(/NC(=O)c1ccc(SCC(=O)O)c([N+](=O)[O-])c1)SC. The van der Waals surface area contributed by atoms with E-state index in [0.717, 1.165) is 36.0 Å². The van der Waals surface area contributed by atoms with Gasteiger partial charge in [-0.15, -0.1) is 23.5 Å². The minimum absolute atomic E-state index is 0.000314. The highest BCUT2D eigenvalue weighted by Gasteiger charge is 2.23. The summed E-state index contributed by atoms with van der Waals surface area (Å²) in [5, 5.41) is 23.1. The number of hydrogen-bond donors (Lipinski definition) is 2. The summed E-state index contributed by atoms with van der Waals surface area (Å²) in [6.45, 7) is 3.74. The van der Waals surface area contributed by atoms with Crippen LogP contribution in [0.2, 0.25) is 0 Å². The van der Waals surface area contributed by atoms with Crippen molar-refractivity contribution in [3.05, 3.63) is 56.1 Å². The molecule has 0 aliphatic carbocycles. The minimum Gasteiger partial charge on any atom is -0.481 e. The molecule has 0 heterocycles. The van der Waals surface area contributed by atoms with Crippen molar-refractivity contribution >= 4 is 47.1 Å². The number of allylic oxidation sites excluding steroid dienone is 1. The maximum Gasteiger partial charge on any atom is 0.340 e.